The van der Waals surface area contributed by atoms with Gasteiger partial charge in [-0.25, -0.2) is 0 Å². The van der Waals surface area contributed by atoms with Crippen LogP contribution >= 0.6 is 23.2 Å². The van der Waals surface area contributed by atoms with Crippen LogP contribution in [0.15, 0.2) is 36.4 Å². The first-order chi connectivity index (χ1) is 13.0. The molecular formula is C20H21Cl2NO4. The Balaban J connectivity index is 1.76. The quantitative estimate of drug-likeness (QED) is 0.690. The van der Waals surface area contributed by atoms with Crippen molar-refractivity contribution in [2.75, 3.05) is 27.4 Å². The SMILES string of the molecule is COc1ccc(OC)c([C@H]2CCCN2C(=O)COc2cccc(Cl)c2Cl)c1. The molecule has 1 amide bonds. The van der Waals surface area contributed by atoms with Gasteiger partial charge in [0.1, 0.15) is 22.3 Å². The Kier molecular flexibility index (Phi) is 6.34. The standard InChI is InChI=1S/C20H21Cl2NO4/c1-25-13-8-9-17(26-2)14(11-13)16-6-4-10-23(16)19(24)12-27-18-7-3-5-15(21)20(18)22/h3,5,7-9,11,16H,4,6,10,12H2,1-2H3/t16-/m1/s1. The molecule has 0 N–H and O–H groups in total. The molecule has 0 radical (unpaired) electrons. The first-order valence-corrected chi connectivity index (χ1v) is 9.39. The number of likely N-dealkylation sites (tertiary alicyclic amines) is 1. The number of hydrogen-bond donors (Lipinski definition) is 0. The summed E-state index contributed by atoms with van der Waals surface area (Å²) < 4.78 is 16.4. The maximum absolute atomic E-state index is 12.8. The number of amides is 1. The minimum Gasteiger partial charge on any atom is -0.497 e. The summed E-state index contributed by atoms with van der Waals surface area (Å²) >= 11 is 12.1. The summed E-state index contributed by atoms with van der Waals surface area (Å²) in [5, 5.41) is 0.696. The van der Waals surface area contributed by atoms with E-state index >= 15 is 0 Å². The number of nitrogens with zero attached hydrogens (tertiary/aromatic N) is 1. The Morgan fingerprint density at radius 2 is 1.96 bits per heavy atom. The van der Waals surface area contributed by atoms with Crippen molar-refractivity contribution in [2.45, 2.75) is 18.9 Å². The molecule has 5 nitrogen and oxygen atoms in total. The van der Waals surface area contributed by atoms with Crippen LogP contribution in [0.3, 0.4) is 0 Å². The Hall–Kier alpha value is -2.11. The molecule has 0 unspecified atom stereocenters. The van der Waals surface area contributed by atoms with Crippen molar-refractivity contribution in [3.05, 3.63) is 52.0 Å². The molecule has 1 atom stereocenters. The zero-order valence-corrected chi connectivity index (χ0v) is 16.7. The van der Waals surface area contributed by atoms with Crippen molar-refractivity contribution in [2.24, 2.45) is 0 Å². The van der Waals surface area contributed by atoms with E-state index in [9.17, 15) is 4.79 Å². The third-order valence-corrected chi connectivity index (χ3v) is 5.44. The van der Waals surface area contributed by atoms with Crippen LogP contribution in [0.1, 0.15) is 24.4 Å². The fourth-order valence-electron chi connectivity index (χ4n) is 3.31. The highest BCUT2D eigenvalue weighted by atomic mass is 35.5. The van der Waals surface area contributed by atoms with E-state index < -0.39 is 0 Å². The average molecular weight is 410 g/mol. The fraction of sp³-hybridized carbons (Fsp3) is 0.350. The molecule has 7 heteroatoms. The van der Waals surface area contributed by atoms with Crippen LogP contribution < -0.4 is 14.2 Å². The highest BCUT2D eigenvalue weighted by Crippen LogP contribution is 2.39. The molecule has 0 aromatic heterocycles. The lowest BCUT2D eigenvalue weighted by Gasteiger charge is -2.26. The minimum absolute atomic E-state index is 0.0824. The molecule has 1 heterocycles. The number of carbonyl (C=O) groups excluding carboxylic acids is 1. The molecule has 27 heavy (non-hydrogen) atoms. The van der Waals surface area contributed by atoms with E-state index in [2.05, 4.69) is 0 Å². The largest absolute Gasteiger partial charge is 0.497 e. The van der Waals surface area contributed by atoms with Gasteiger partial charge in [-0.1, -0.05) is 29.3 Å². The van der Waals surface area contributed by atoms with Crippen molar-refractivity contribution in [1.82, 2.24) is 4.90 Å². The number of ether oxygens (including phenoxy) is 3. The monoisotopic (exact) mass is 409 g/mol. The Morgan fingerprint density at radius 3 is 2.70 bits per heavy atom. The van der Waals surface area contributed by atoms with E-state index in [1.807, 2.05) is 23.1 Å². The van der Waals surface area contributed by atoms with Crippen LogP contribution in [0, 0.1) is 0 Å². The summed E-state index contributed by atoms with van der Waals surface area (Å²) in [5.41, 5.74) is 0.934. The smallest absolute Gasteiger partial charge is 0.261 e. The lowest BCUT2D eigenvalue weighted by Crippen LogP contribution is -2.34. The predicted molar refractivity (Wildman–Crippen MR) is 105 cm³/mol. The van der Waals surface area contributed by atoms with Crippen LogP contribution in [-0.2, 0) is 4.79 Å². The number of carbonyl (C=O) groups is 1. The lowest BCUT2D eigenvalue weighted by atomic mass is 10.0. The van der Waals surface area contributed by atoms with Crippen LogP contribution in [0.2, 0.25) is 10.0 Å². The van der Waals surface area contributed by atoms with Crippen molar-refractivity contribution in [1.29, 1.82) is 0 Å². The Bertz CT molecular complexity index is 828. The third-order valence-electron chi connectivity index (χ3n) is 4.64. The molecule has 0 saturated carbocycles. The van der Waals surface area contributed by atoms with E-state index in [0.717, 1.165) is 29.9 Å². The molecular weight excluding hydrogens is 389 g/mol. The third kappa shape index (κ3) is 4.25. The summed E-state index contributed by atoms with van der Waals surface area (Å²) in [6.45, 7) is 0.555. The second-order valence-electron chi connectivity index (χ2n) is 6.19. The van der Waals surface area contributed by atoms with Crippen LogP contribution in [0.5, 0.6) is 17.2 Å². The fourth-order valence-corrected chi connectivity index (χ4v) is 3.65. The van der Waals surface area contributed by atoms with E-state index in [4.69, 9.17) is 37.4 Å². The number of halogens is 2. The normalized spacial score (nSPS) is 16.3. The van der Waals surface area contributed by atoms with Gasteiger partial charge in [0.15, 0.2) is 6.61 Å². The van der Waals surface area contributed by atoms with Gasteiger partial charge in [-0.3, -0.25) is 4.79 Å². The Morgan fingerprint density at radius 1 is 1.15 bits per heavy atom. The van der Waals surface area contributed by atoms with Gasteiger partial charge < -0.3 is 19.1 Å². The van der Waals surface area contributed by atoms with Gasteiger partial charge in [-0.15, -0.1) is 0 Å². The van der Waals surface area contributed by atoms with Gasteiger partial charge in [0, 0.05) is 12.1 Å². The number of hydrogen-bond acceptors (Lipinski definition) is 4. The second-order valence-corrected chi connectivity index (χ2v) is 6.98. The van der Waals surface area contributed by atoms with E-state index in [-0.39, 0.29) is 18.6 Å². The predicted octanol–water partition coefficient (Wildman–Crippen LogP) is 4.75. The first-order valence-electron chi connectivity index (χ1n) is 8.63. The number of rotatable bonds is 6. The van der Waals surface area contributed by atoms with Gasteiger partial charge in [-0.05, 0) is 43.2 Å². The van der Waals surface area contributed by atoms with Gasteiger partial charge in [0.25, 0.3) is 5.91 Å². The summed E-state index contributed by atoms with van der Waals surface area (Å²) in [5.74, 6) is 1.75. The summed E-state index contributed by atoms with van der Waals surface area (Å²) in [7, 11) is 3.24. The molecule has 0 spiro atoms. The maximum Gasteiger partial charge on any atom is 0.261 e. The van der Waals surface area contributed by atoms with Gasteiger partial charge in [0.2, 0.25) is 0 Å². The van der Waals surface area contributed by atoms with Crippen molar-refractivity contribution in [3.63, 3.8) is 0 Å². The van der Waals surface area contributed by atoms with Gasteiger partial charge in [0.05, 0.1) is 25.3 Å². The van der Waals surface area contributed by atoms with E-state index in [1.165, 1.54) is 0 Å². The summed E-state index contributed by atoms with van der Waals surface area (Å²) in [4.78, 5) is 14.6. The van der Waals surface area contributed by atoms with Crippen LogP contribution in [0.25, 0.3) is 0 Å². The van der Waals surface area contributed by atoms with Crippen molar-refractivity contribution in [3.8, 4) is 17.2 Å². The molecule has 2 aromatic carbocycles. The molecule has 144 valence electrons. The number of methoxy groups -OCH3 is 2. The zero-order chi connectivity index (χ0) is 19.4. The maximum atomic E-state index is 12.8. The second kappa shape index (κ2) is 8.72. The molecule has 2 aromatic rings. The molecule has 0 bridgehead atoms. The molecule has 3 rings (SSSR count). The van der Waals surface area contributed by atoms with Gasteiger partial charge >= 0.3 is 0 Å². The summed E-state index contributed by atoms with van der Waals surface area (Å²) in [6.07, 6.45) is 1.77. The Labute approximate surface area is 168 Å². The zero-order valence-electron chi connectivity index (χ0n) is 15.2. The van der Waals surface area contributed by atoms with Crippen LogP contribution in [0.4, 0.5) is 0 Å². The highest BCUT2D eigenvalue weighted by Gasteiger charge is 2.32. The molecule has 1 aliphatic heterocycles. The van der Waals surface area contributed by atoms with Crippen molar-refractivity contribution >= 4 is 29.1 Å². The molecule has 1 aliphatic rings. The lowest BCUT2D eigenvalue weighted by molar-refractivity contribution is -0.134. The van der Waals surface area contributed by atoms with Gasteiger partial charge in [-0.2, -0.15) is 0 Å². The van der Waals surface area contributed by atoms with E-state index in [0.29, 0.717) is 22.3 Å². The number of benzene rings is 2. The summed E-state index contributed by atoms with van der Waals surface area (Å²) in [6, 6.07) is 10.6. The molecule has 0 aliphatic carbocycles. The van der Waals surface area contributed by atoms with Crippen LogP contribution in [-0.4, -0.2) is 38.2 Å². The minimum atomic E-state index is -0.113. The highest BCUT2D eigenvalue weighted by molar-refractivity contribution is 6.42. The first kappa shape index (κ1) is 19.6. The molecule has 1 fully saturated rings. The molecule has 1 saturated heterocycles. The topological polar surface area (TPSA) is 48.0 Å². The van der Waals surface area contributed by atoms with E-state index in [1.54, 1.807) is 32.4 Å². The average Bonchev–Trinajstić information content (AvgIpc) is 3.18. The van der Waals surface area contributed by atoms with Crippen molar-refractivity contribution < 1.29 is 19.0 Å².